The van der Waals surface area contributed by atoms with Crippen molar-refractivity contribution in [1.29, 1.82) is 0 Å². The third kappa shape index (κ3) is 5.37. The summed E-state index contributed by atoms with van der Waals surface area (Å²) < 4.78 is 70.9. The summed E-state index contributed by atoms with van der Waals surface area (Å²) in [6.45, 7) is -0.261. The molecule has 0 radical (unpaired) electrons. The predicted molar refractivity (Wildman–Crippen MR) is 92.2 cm³/mol. The molecule has 0 saturated heterocycles. The molecule has 0 amide bonds. The lowest BCUT2D eigenvalue weighted by atomic mass is 10.2. The van der Waals surface area contributed by atoms with Crippen LogP contribution < -0.4 is 9.47 Å². The van der Waals surface area contributed by atoms with E-state index in [0.29, 0.717) is 5.56 Å². The Hall–Kier alpha value is -3.30. The number of esters is 1. The van der Waals surface area contributed by atoms with E-state index in [4.69, 9.17) is 9.47 Å². The van der Waals surface area contributed by atoms with Crippen LogP contribution >= 0.6 is 0 Å². The largest absolute Gasteiger partial charge is 0.573 e. The zero-order chi connectivity index (χ0) is 21.0. The molecule has 29 heavy (non-hydrogen) atoms. The minimum absolute atomic E-state index is 0.0240. The van der Waals surface area contributed by atoms with Crippen molar-refractivity contribution in [2.75, 3.05) is 13.7 Å². The van der Waals surface area contributed by atoms with E-state index in [0.717, 1.165) is 6.07 Å². The fourth-order valence-corrected chi connectivity index (χ4v) is 2.54. The highest BCUT2D eigenvalue weighted by Gasteiger charge is 2.33. The van der Waals surface area contributed by atoms with Crippen molar-refractivity contribution in [1.82, 2.24) is 0 Å². The van der Waals surface area contributed by atoms with Crippen LogP contribution in [0.25, 0.3) is 0 Å². The summed E-state index contributed by atoms with van der Waals surface area (Å²) in [5.74, 6) is -1.98. The zero-order valence-corrected chi connectivity index (χ0v) is 15.0. The molecule has 6 nitrogen and oxygen atoms in total. The van der Waals surface area contributed by atoms with E-state index in [9.17, 15) is 22.4 Å². The molecule has 0 bridgehead atoms. The molecule has 0 fully saturated rings. The molecule has 1 heterocycles. The minimum atomic E-state index is -4.97. The number of aliphatic imine (C=N–C) groups is 1. The molecule has 0 spiro atoms. The molecular weight excluding hydrogens is 398 g/mol. The molecule has 10 heteroatoms. The van der Waals surface area contributed by atoms with Crippen LogP contribution in [0.3, 0.4) is 0 Å². The van der Waals surface area contributed by atoms with Crippen molar-refractivity contribution < 1.29 is 41.3 Å². The fraction of sp³-hybridized carbons (Fsp3) is 0.263. The van der Waals surface area contributed by atoms with E-state index >= 15 is 0 Å². The molecule has 3 rings (SSSR count). The zero-order valence-electron chi connectivity index (χ0n) is 15.0. The lowest BCUT2D eigenvalue weighted by Gasteiger charge is -2.15. The van der Waals surface area contributed by atoms with Crippen molar-refractivity contribution in [2.24, 2.45) is 4.99 Å². The van der Waals surface area contributed by atoms with E-state index in [1.807, 2.05) is 0 Å². The predicted octanol–water partition coefficient (Wildman–Crippen LogP) is 3.62. The summed E-state index contributed by atoms with van der Waals surface area (Å²) in [4.78, 5) is 15.5. The van der Waals surface area contributed by atoms with Crippen LogP contribution in [-0.4, -0.2) is 38.0 Å². The highest BCUT2D eigenvalue weighted by Crippen LogP contribution is 2.34. The summed E-state index contributed by atoms with van der Waals surface area (Å²) >= 11 is 0. The molecule has 1 aliphatic rings. The highest BCUT2D eigenvalue weighted by molar-refractivity contribution is 5.98. The van der Waals surface area contributed by atoms with Crippen LogP contribution in [-0.2, 0) is 20.9 Å². The molecule has 1 aliphatic heterocycles. The van der Waals surface area contributed by atoms with Gasteiger partial charge in [0.15, 0.2) is 17.5 Å². The number of ether oxygens (including phenoxy) is 4. The number of carbonyl (C=O) groups excluding carboxylic acids is 1. The second kappa shape index (κ2) is 8.38. The van der Waals surface area contributed by atoms with E-state index in [1.165, 1.54) is 37.4 Å². The number of hydrogen-bond acceptors (Lipinski definition) is 6. The molecule has 0 saturated carbocycles. The van der Waals surface area contributed by atoms with Crippen LogP contribution in [0.2, 0.25) is 0 Å². The maximum atomic E-state index is 13.2. The Kier molecular flexibility index (Phi) is 5.90. The highest BCUT2D eigenvalue weighted by atomic mass is 19.4. The van der Waals surface area contributed by atoms with Crippen LogP contribution in [0.4, 0.5) is 17.6 Å². The van der Waals surface area contributed by atoms with Crippen molar-refractivity contribution >= 4 is 11.9 Å². The maximum absolute atomic E-state index is 13.2. The fourth-order valence-electron chi connectivity index (χ4n) is 2.54. The summed E-state index contributed by atoms with van der Waals surface area (Å²) in [6, 6.07) is 8.24. The van der Waals surface area contributed by atoms with E-state index in [-0.39, 0.29) is 30.4 Å². The second-order valence-corrected chi connectivity index (χ2v) is 5.91. The number of methoxy groups -OCH3 is 1. The molecule has 2 aromatic carbocycles. The van der Waals surface area contributed by atoms with Gasteiger partial charge in [-0.15, -0.1) is 13.2 Å². The van der Waals surface area contributed by atoms with Crippen LogP contribution in [0.1, 0.15) is 11.1 Å². The van der Waals surface area contributed by atoms with Gasteiger partial charge in [0.25, 0.3) is 0 Å². The van der Waals surface area contributed by atoms with Gasteiger partial charge in [-0.2, -0.15) is 0 Å². The van der Waals surface area contributed by atoms with Gasteiger partial charge in [-0.25, -0.2) is 14.2 Å². The summed E-state index contributed by atoms with van der Waals surface area (Å²) in [6.07, 6.45) is -4.97. The summed E-state index contributed by atoms with van der Waals surface area (Å²) in [5, 5.41) is 0. The molecule has 2 aromatic rings. The SMILES string of the molecule is COC(=O)[C@H]1COC(c2ccc(OCc3cccc(F)c3)c(OC(F)(F)F)c2)=N1. The number of rotatable bonds is 6. The Morgan fingerprint density at radius 1 is 1.21 bits per heavy atom. The normalized spacial score (nSPS) is 16.0. The first-order valence-electron chi connectivity index (χ1n) is 8.31. The van der Waals surface area contributed by atoms with Gasteiger partial charge in [-0.3, -0.25) is 0 Å². The average Bonchev–Trinajstić information content (AvgIpc) is 3.15. The summed E-state index contributed by atoms with van der Waals surface area (Å²) in [5.41, 5.74) is 0.588. The first-order valence-corrected chi connectivity index (χ1v) is 8.31. The van der Waals surface area contributed by atoms with Crippen molar-refractivity contribution in [3.63, 3.8) is 0 Å². The van der Waals surface area contributed by atoms with Crippen molar-refractivity contribution in [2.45, 2.75) is 19.0 Å². The Morgan fingerprint density at radius 2 is 2.00 bits per heavy atom. The first kappa shape index (κ1) is 20.4. The Morgan fingerprint density at radius 3 is 2.69 bits per heavy atom. The Labute approximate surface area is 162 Å². The Balaban J connectivity index is 1.84. The minimum Gasteiger partial charge on any atom is -0.485 e. The summed E-state index contributed by atoms with van der Waals surface area (Å²) in [7, 11) is 1.19. The number of carbonyl (C=O) groups is 1. The molecule has 0 aromatic heterocycles. The number of benzene rings is 2. The number of halogens is 4. The second-order valence-electron chi connectivity index (χ2n) is 5.91. The smallest absolute Gasteiger partial charge is 0.485 e. The van der Waals surface area contributed by atoms with Gasteiger partial charge in [0.1, 0.15) is 19.0 Å². The molecule has 154 valence electrons. The van der Waals surface area contributed by atoms with E-state index in [1.54, 1.807) is 6.07 Å². The van der Waals surface area contributed by atoms with Gasteiger partial charge in [0.05, 0.1) is 7.11 Å². The standard InChI is InChI=1S/C19H15F4NO5/c1-26-18(25)14-10-28-17(24-14)12-5-6-15(16(8-12)29-19(21,22)23)27-9-11-3-2-4-13(20)7-11/h2-8,14H,9-10H2,1H3/t14-/m1/s1. The van der Waals surface area contributed by atoms with Crippen LogP contribution in [0.15, 0.2) is 47.5 Å². The van der Waals surface area contributed by atoms with E-state index < -0.39 is 29.9 Å². The third-order valence-corrected chi connectivity index (χ3v) is 3.82. The van der Waals surface area contributed by atoms with Crippen LogP contribution in [0.5, 0.6) is 11.5 Å². The van der Waals surface area contributed by atoms with Crippen molar-refractivity contribution in [3.8, 4) is 11.5 Å². The molecule has 0 unspecified atom stereocenters. The van der Waals surface area contributed by atoms with Gasteiger partial charge in [0, 0.05) is 5.56 Å². The topological polar surface area (TPSA) is 66.4 Å². The van der Waals surface area contributed by atoms with Gasteiger partial charge < -0.3 is 18.9 Å². The maximum Gasteiger partial charge on any atom is 0.573 e. The van der Waals surface area contributed by atoms with Gasteiger partial charge in [-0.05, 0) is 35.9 Å². The molecule has 0 aliphatic carbocycles. The van der Waals surface area contributed by atoms with Crippen molar-refractivity contribution in [3.05, 3.63) is 59.4 Å². The molecule has 0 N–H and O–H groups in total. The third-order valence-electron chi connectivity index (χ3n) is 3.82. The molecular formula is C19H15F4NO5. The average molecular weight is 413 g/mol. The number of alkyl halides is 3. The van der Waals surface area contributed by atoms with Crippen LogP contribution in [0, 0.1) is 5.82 Å². The monoisotopic (exact) mass is 413 g/mol. The van der Waals surface area contributed by atoms with Gasteiger partial charge in [0.2, 0.25) is 5.90 Å². The first-order chi connectivity index (χ1) is 13.7. The lowest BCUT2D eigenvalue weighted by Crippen LogP contribution is -2.21. The lowest BCUT2D eigenvalue weighted by molar-refractivity contribution is -0.275. The van der Waals surface area contributed by atoms with Gasteiger partial charge >= 0.3 is 12.3 Å². The molecule has 1 atom stereocenters. The quantitative estimate of drug-likeness (QED) is 0.535. The Bertz CT molecular complexity index is 929. The number of nitrogens with zero attached hydrogens (tertiary/aromatic N) is 1. The van der Waals surface area contributed by atoms with Gasteiger partial charge in [-0.1, -0.05) is 12.1 Å². The number of hydrogen-bond donors (Lipinski definition) is 0. The van der Waals surface area contributed by atoms with E-state index in [2.05, 4.69) is 14.5 Å².